The van der Waals surface area contributed by atoms with Crippen LogP contribution in [0.2, 0.25) is 0 Å². The van der Waals surface area contributed by atoms with Gasteiger partial charge in [0.25, 0.3) is 5.91 Å². The third kappa shape index (κ3) is 2.98. The fourth-order valence-electron chi connectivity index (χ4n) is 3.85. The maximum Gasteiger partial charge on any atom is 0.339 e. The van der Waals surface area contributed by atoms with Crippen molar-refractivity contribution >= 4 is 11.9 Å². The Balaban J connectivity index is 1.57. The van der Waals surface area contributed by atoms with Crippen LogP contribution in [0.15, 0.2) is 28.8 Å². The third-order valence-electron chi connectivity index (χ3n) is 5.21. The molecule has 1 amide bonds. The molecule has 1 aliphatic heterocycles. The highest BCUT2D eigenvalue weighted by Gasteiger charge is 2.42. The zero-order valence-electron chi connectivity index (χ0n) is 14.7. The van der Waals surface area contributed by atoms with Gasteiger partial charge in [-0.05, 0) is 24.5 Å². The minimum Gasteiger partial charge on any atom is -0.448 e. The molecule has 1 aliphatic carbocycles. The van der Waals surface area contributed by atoms with Gasteiger partial charge >= 0.3 is 5.97 Å². The van der Waals surface area contributed by atoms with Gasteiger partial charge in [0.1, 0.15) is 5.54 Å². The molecule has 1 saturated carbocycles. The van der Waals surface area contributed by atoms with Crippen LogP contribution in [-0.2, 0) is 21.5 Å². The average molecular weight is 355 g/mol. The molecular weight excluding hydrogens is 334 g/mol. The molecule has 1 unspecified atom stereocenters. The number of benzene rings is 1. The molecular formula is C19H21N3O4. The van der Waals surface area contributed by atoms with Crippen molar-refractivity contribution in [2.24, 2.45) is 0 Å². The van der Waals surface area contributed by atoms with Crippen LogP contribution >= 0.6 is 0 Å². The van der Waals surface area contributed by atoms with Crippen LogP contribution in [0.25, 0.3) is 0 Å². The number of aromatic nitrogens is 2. The Morgan fingerprint density at radius 2 is 2.00 bits per heavy atom. The number of rotatable bonds is 3. The molecule has 7 nitrogen and oxygen atoms in total. The number of amides is 1. The zero-order valence-corrected chi connectivity index (χ0v) is 14.7. The molecule has 4 rings (SSSR count). The second-order valence-electron chi connectivity index (χ2n) is 7.02. The summed E-state index contributed by atoms with van der Waals surface area (Å²) in [6.45, 7) is 1.73. The number of hydrogen-bond acceptors (Lipinski definition) is 6. The van der Waals surface area contributed by atoms with Crippen molar-refractivity contribution in [3.05, 3.63) is 47.1 Å². The van der Waals surface area contributed by atoms with E-state index in [2.05, 4.69) is 15.5 Å². The van der Waals surface area contributed by atoms with Crippen LogP contribution in [-0.4, -0.2) is 28.1 Å². The highest BCUT2D eigenvalue weighted by molar-refractivity contribution is 5.95. The average Bonchev–Trinajstić information content (AvgIpc) is 3.09. The van der Waals surface area contributed by atoms with Crippen molar-refractivity contribution in [3.8, 4) is 0 Å². The summed E-state index contributed by atoms with van der Waals surface area (Å²) >= 11 is 0. The van der Waals surface area contributed by atoms with Crippen LogP contribution in [0, 0.1) is 6.92 Å². The molecule has 0 spiro atoms. The van der Waals surface area contributed by atoms with Gasteiger partial charge in [-0.2, -0.15) is 4.98 Å². The van der Waals surface area contributed by atoms with Gasteiger partial charge in [-0.15, -0.1) is 0 Å². The van der Waals surface area contributed by atoms with Crippen LogP contribution < -0.4 is 5.32 Å². The summed E-state index contributed by atoms with van der Waals surface area (Å²) in [5, 5.41) is 7.13. The van der Waals surface area contributed by atoms with Crippen molar-refractivity contribution < 1.29 is 18.8 Å². The third-order valence-corrected chi connectivity index (χ3v) is 5.21. The number of carbonyl (C=O) groups excluding carboxylic acids is 2. The van der Waals surface area contributed by atoms with Crippen molar-refractivity contribution in [2.45, 2.75) is 57.1 Å². The van der Waals surface area contributed by atoms with Gasteiger partial charge in [-0.3, -0.25) is 4.79 Å². The summed E-state index contributed by atoms with van der Waals surface area (Å²) < 4.78 is 10.5. The van der Waals surface area contributed by atoms with Gasteiger partial charge in [0.15, 0.2) is 11.9 Å². The Kier molecular flexibility index (Phi) is 4.22. The lowest BCUT2D eigenvalue weighted by molar-refractivity contribution is -0.133. The Labute approximate surface area is 151 Å². The quantitative estimate of drug-likeness (QED) is 0.850. The maximum absolute atomic E-state index is 12.9. The smallest absolute Gasteiger partial charge is 0.339 e. The molecule has 0 radical (unpaired) electrons. The van der Waals surface area contributed by atoms with E-state index in [0.29, 0.717) is 23.7 Å². The minimum atomic E-state index is -0.843. The van der Waals surface area contributed by atoms with E-state index in [4.69, 9.17) is 9.26 Å². The molecule has 0 saturated heterocycles. The fraction of sp³-hybridized carbons (Fsp3) is 0.474. The number of cyclic esters (lactones) is 1. The second-order valence-corrected chi connectivity index (χ2v) is 7.02. The molecule has 2 aromatic rings. The van der Waals surface area contributed by atoms with E-state index >= 15 is 0 Å². The zero-order chi connectivity index (χ0) is 18.1. The molecule has 1 aromatic carbocycles. The molecule has 0 bridgehead atoms. The van der Waals surface area contributed by atoms with Crippen molar-refractivity contribution in [2.75, 3.05) is 0 Å². The van der Waals surface area contributed by atoms with E-state index < -0.39 is 17.6 Å². The van der Waals surface area contributed by atoms with Gasteiger partial charge in [0.05, 0.1) is 5.56 Å². The Bertz CT molecular complexity index is 839. The van der Waals surface area contributed by atoms with E-state index in [1.54, 1.807) is 19.1 Å². The molecule has 26 heavy (non-hydrogen) atoms. The molecule has 1 fully saturated rings. The summed E-state index contributed by atoms with van der Waals surface area (Å²) in [5.74, 6) is 0.208. The first-order chi connectivity index (χ1) is 12.6. The molecule has 1 aromatic heterocycles. The number of esters is 1. The topological polar surface area (TPSA) is 94.3 Å². The largest absolute Gasteiger partial charge is 0.448 e. The highest BCUT2D eigenvalue weighted by atomic mass is 16.5. The predicted molar refractivity (Wildman–Crippen MR) is 91.3 cm³/mol. The number of aryl methyl sites for hydroxylation is 1. The highest BCUT2D eigenvalue weighted by Crippen LogP contribution is 2.36. The lowest BCUT2D eigenvalue weighted by Crippen LogP contribution is -2.53. The molecule has 1 N–H and O–H groups in total. The molecule has 136 valence electrons. The summed E-state index contributed by atoms with van der Waals surface area (Å²) in [6, 6.07) is 7.22. The van der Waals surface area contributed by atoms with Crippen LogP contribution in [0.1, 0.15) is 59.7 Å². The molecule has 2 aliphatic rings. The Hall–Kier alpha value is -2.70. The summed E-state index contributed by atoms with van der Waals surface area (Å²) in [7, 11) is 0. The normalized spacial score (nSPS) is 21.6. The summed E-state index contributed by atoms with van der Waals surface area (Å²) in [4.78, 5) is 29.5. The van der Waals surface area contributed by atoms with Crippen LogP contribution in [0.5, 0.6) is 0 Å². The van der Waals surface area contributed by atoms with E-state index in [-0.39, 0.29) is 5.91 Å². The van der Waals surface area contributed by atoms with Crippen LogP contribution in [0.3, 0.4) is 0 Å². The second kappa shape index (κ2) is 6.55. The standard InChI is InChI=1S/C19H21N3O4/c1-12-20-18(22-26-12)19(9-5-2-6-10-19)21-16(23)15-11-13-7-3-4-8-14(13)17(24)25-15/h3-4,7-8,15H,2,5-6,9-11H2,1H3,(H,21,23). The molecule has 1 atom stereocenters. The molecule has 2 heterocycles. The van der Waals surface area contributed by atoms with Crippen molar-refractivity contribution in [1.29, 1.82) is 0 Å². The van der Waals surface area contributed by atoms with Gasteiger partial charge in [0.2, 0.25) is 5.89 Å². The first kappa shape index (κ1) is 16.8. The van der Waals surface area contributed by atoms with Crippen molar-refractivity contribution in [1.82, 2.24) is 15.5 Å². The van der Waals surface area contributed by atoms with Crippen molar-refractivity contribution in [3.63, 3.8) is 0 Å². The van der Waals surface area contributed by atoms with Gasteiger partial charge in [-0.1, -0.05) is 42.6 Å². The van der Waals surface area contributed by atoms with Gasteiger partial charge < -0.3 is 14.6 Å². The predicted octanol–water partition coefficient (Wildman–Crippen LogP) is 2.44. The first-order valence-corrected chi connectivity index (χ1v) is 8.99. The van der Waals surface area contributed by atoms with E-state index in [0.717, 1.165) is 37.7 Å². The van der Waals surface area contributed by atoms with Gasteiger partial charge in [0, 0.05) is 13.3 Å². The summed E-state index contributed by atoms with van der Waals surface area (Å²) in [5.41, 5.74) is 0.700. The van der Waals surface area contributed by atoms with Crippen LogP contribution in [0.4, 0.5) is 0 Å². The lowest BCUT2D eigenvalue weighted by atomic mass is 9.80. The number of ether oxygens (including phenoxy) is 1. The van der Waals surface area contributed by atoms with Gasteiger partial charge in [-0.25, -0.2) is 4.79 Å². The maximum atomic E-state index is 12.9. The molecule has 7 heteroatoms. The number of fused-ring (bicyclic) bond motifs is 1. The Morgan fingerprint density at radius 3 is 2.73 bits per heavy atom. The number of nitrogens with zero attached hydrogens (tertiary/aromatic N) is 2. The lowest BCUT2D eigenvalue weighted by Gasteiger charge is -2.36. The summed E-state index contributed by atoms with van der Waals surface area (Å²) in [6.07, 6.45) is 4.07. The minimum absolute atomic E-state index is 0.308. The number of carbonyl (C=O) groups is 2. The monoisotopic (exact) mass is 355 g/mol. The SMILES string of the molecule is Cc1nc(C2(NC(=O)C3Cc4ccccc4C(=O)O3)CCCCC2)no1. The Morgan fingerprint density at radius 1 is 1.23 bits per heavy atom. The number of hydrogen-bond donors (Lipinski definition) is 1. The van der Waals surface area contributed by atoms with E-state index in [1.165, 1.54) is 0 Å². The van der Waals surface area contributed by atoms with E-state index in [1.807, 2.05) is 12.1 Å². The number of nitrogens with one attached hydrogen (secondary N) is 1. The fourth-order valence-corrected chi connectivity index (χ4v) is 3.85. The van der Waals surface area contributed by atoms with E-state index in [9.17, 15) is 9.59 Å². The first-order valence-electron chi connectivity index (χ1n) is 8.99.